The lowest BCUT2D eigenvalue weighted by atomic mass is 9.41. The van der Waals surface area contributed by atoms with Crippen LogP contribution in [0.1, 0.15) is 30.4 Å². The number of methoxy groups -OCH3 is 2. The summed E-state index contributed by atoms with van der Waals surface area (Å²) in [7, 11) is 5.50. The number of benzene rings is 1. The Morgan fingerprint density at radius 1 is 1.31 bits per heavy atom. The number of ether oxygens (including phenoxy) is 3. The molecule has 3 N–H and O–H groups in total. The monoisotopic (exact) mass is 356 g/mol. The highest BCUT2D eigenvalue weighted by molar-refractivity contribution is 5.64. The highest BCUT2D eigenvalue weighted by Gasteiger charge is 2.75. The minimum Gasteiger partial charge on any atom is -0.493 e. The van der Waals surface area contributed by atoms with Crippen LogP contribution in [0.5, 0.6) is 11.5 Å². The second-order valence-electron chi connectivity index (χ2n) is 8.31. The van der Waals surface area contributed by atoms with E-state index in [4.69, 9.17) is 19.9 Å². The number of hydrogen-bond acceptors (Lipinski definition) is 5. The van der Waals surface area contributed by atoms with Crippen LogP contribution in [0, 0.1) is 5.41 Å². The van der Waals surface area contributed by atoms with E-state index in [-0.39, 0.29) is 23.0 Å². The molecule has 1 spiro atoms. The molecular formula is C21H28N2O3. The van der Waals surface area contributed by atoms with Crippen molar-refractivity contribution >= 4 is 0 Å². The molecule has 5 atom stereocenters. The molecule has 1 aromatic carbocycles. The average Bonchev–Trinajstić information content (AvgIpc) is 3.03. The average molecular weight is 356 g/mol. The van der Waals surface area contributed by atoms with Gasteiger partial charge in [0.25, 0.3) is 0 Å². The molecule has 1 fully saturated rings. The van der Waals surface area contributed by atoms with Crippen LogP contribution in [0.25, 0.3) is 0 Å². The lowest BCUT2D eigenvalue weighted by molar-refractivity contribution is -0.166. The molecule has 4 aliphatic carbocycles. The van der Waals surface area contributed by atoms with Crippen LogP contribution in [0.2, 0.25) is 0 Å². The maximum atomic E-state index is 6.71. The Morgan fingerprint density at radius 2 is 2.15 bits per heavy atom. The van der Waals surface area contributed by atoms with Crippen LogP contribution in [-0.4, -0.2) is 45.6 Å². The molecule has 0 aromatic heterocycles. The molecule has 0 amide bonds. The fourth-order valence-corrected chi connectivity index (χ4v) is 6.48. The smallest absolute Gasteiger partial charge is 0.166 e. The van der Waals surface area contributed by atoms with Gasteiger partial charge >= 0.3 is 0 Å². The molecule has 5 heteroatoms. The second-order valence-corrected chi connectivity index (χ2v) is 8.31. The molecule has 0 saturated heterocycles. The normalized spacial score (nSPS) is 41.1. The Morgan fingerprint density at radius 3 is 2.85 bits per heavy atom. The van der Waals surface area contributed by atoms with E-state index in [2.05, 4.69) is 23.5 Å². The zero-order valence-electron chi connectivity index (χ0n) is 15.8. The van der Waals surface area contributed by atoms with E-state index in [1.807, 2.05) is 13.1 Å². The summed E-state index contributed by atoms with van der Waals surface area (Å²) in [4.78, 5) is 0. The maximum absolute atomic E-state index is 6.71. The van der Waals surface area contributed by atoms with Gasteiger partial charge in [-0.25, -0.2) is 0 Å². The van der Waals surface area contributed by atoms with Gasteiger partial charge in [0.1, 0.15) is 11.7 Å². The summed E-state index contributed by atoms with van der Waals surface area (Å²) in [5, 5.41) is 3.36. The van der Waals surface area contributed by atoms with E-state index in [0.717, 1.165) is 43.7 Å². The predicted molar refractivity (Wildman–Crippen MR) is 99.9 cm³/mol. The van der Waals surface area contributed by atoms with E-state index in [9.17, 15) is 0 Å². The van der Waals surface area contributed by atoms with Crippen LogP contribution in [0.4, 0.5) is 0 Å². The van der Waals surface area contributed by atoms with E-state index < -0.39 is 5.60 Å². The minimum atomic E-state index is -0.589. The van der Waals surface area contributed by atoms with Gasteiger partial charge in [-0.15, -0.1) is 0 Å². The van der Waals surface area contributed by atoms with Gasteiger partial charge in [-0.1, -0.05) is 18.2 Å². The summed E-state index contributed by atoms with van der Waals surface area (Å²) in [5.74, 6) is 1.73. The Labute approximate surface area is 154 Å². The molecule has 1 heterocycles. The number of nitrogens with one attached hydrogen (secondary N) is 1. The molecule has 1 aliphatic heterocycles. The van der Waals surface area contributed by atoms with Crippen molar-refractivity contribution in [1.29, 1.82) is 0 Å². The highest BCUT2D eigenvalue weighted by Crippen LogP contribution is 2.71. The van der Waals surface area contributed by atoms with Gasteiger partial charge < -0.3 is 25.3 Å². The van der Waals surface area contributed by atoms with Crippen molar-refractivity contribution in [3.05, 3.63) is 35.4 Å². The van der Waals surface area contributed by atoms with Gasteiger partial charge in [-0.2, -0.15) is 0 Å². The fraction of sp³-hybridized carbons (Fsp3) is 0.619. The summed E-state index contributed by atoms with van der Waals surface area (Å²) in [5.41, 5.74) is 8.76. The number of nitrogens with two attached hydrogens (primary N) is 1. The number of aryl methyl sites for hydroxylation is 1. The van der Waals surface area contributed by atoms with Crippen molar-refractivity contribution in [1.82, 2.24) is 5.32 Å². The Balaban J connectivity index is 1.83. The predicted octanol–water partition coefficient (Wildman–Crippen LogP) is 1.92. The first-order chi connectivity index (χ1) is 12.6. The van der Waals surface area contributed by atoms with E-state index in [0.29, 0.717) is 0 Å². The van der Waals surface area contributed by atoms with Crippen molar-refractivity contribution in [3.8, 4) is 11.5 Å². The first kappa shape index (κ1) is 16.6. The van der Waals surface area contributed by atoms with E-state index in [1.165, 1.54) is 11.1 Å². The molecule has 0 radical (unpaired) electrons. The van der Waals surface area contributed by atoms with Crippen molar-refractivity contribution in [2.45, 2.75) is 48.8 Å². The standard InChI is InChI=1S/C21H28N2O3/c1-23-11-10-20-16-13-4-5-14(24-2)17(16)26-18(20)21(25-3)9-8-19(20,7-6-13)12-15(21)22/h4-5,8-9,15,18,23H,6-7,10-12,22H2,1-3H3/t15-,18+,19+,20-,21+/m0/s1. The summed E-state index contributed by atoms with van der Waals surface area (Å²) in [6.07, 6.45) is 8.60. The van der Waals surface area contributed by atoms with Gasteiger partial charge in [-0.3, -0.25) is 0 Å². The lowest BCUT2D eigenvalue weighted by Gasteiger charge is -2.65. The molecule has 26 heavy (non-hydrogen) atoms. The van der Waals surface area contributed by atoms with Crippen LogP contribution in [0.15, 0.2) is 24.3 Å². The van der Waals surface area contributed by atoms with Gasteiger partial charge in [0.2, 0.25) is 0 Å². The Hall–Kier alpha value is -1.56. The first-order valence-electron chi connectivity index (χ1n) is 9.61. The zero-order chi connectivity index (χ0) is 18.2. The number of rotatable bonds is 5. The molecule has 0 unspecified atom stereocenters. The quantitative estimate of drug-likeness (QED) is 0.789. The van der Waals surface area contributed by atoms with Gasteiger partial charge in [0, 0.05) is 29.5 Å². The van der Waals surface area contributed by atoms with Crippen molar-refractivity contribution < 1.29 is 14.2 Å². The summed E-state index contributed by atoms with van der Waals surface area (Å²) in [6, 6.07) is 4.21. The minimum absolute atomic E-state index is 0.0266. The summed E-state index contributed by atoms with van der Waals surface area (Å²) in [6.45, 7) is 0.931. The molecule has 1 saturated carbocycles. The second kappa shape index (κ2) is 5.24. The summed E-state index contributed by atoms with van der Waals surface area (Å²) < 4.78 is 18.5. The number of fused-ring (bicyclic) bond motifs is 1. The highest BCUT2D eigenvalue weighted by atomic mass is 16.6. The van der Waals surface area contributed by atoms with Gasteiger partial charge in [0.15, 0.2) is 11.5 Å². The van der Waals surface area contributed by atoms with Crippen molar-refractivity contribution in [3.63, 3.8) is 0 Å². The van der Waals surface area contributed by atoms with Gasteiger partial charge in [-0.05, 0) is 50.9 Å². The van der Waals surface area contributed by atoms with Crippen molar-refractivity contribution in [2.24, 2.45) is 11.1 Å². The topological polar surface area (TPSA) is 65.7 Å². The van der Waals surface area contributed by atoms with Crippen LogP contribution in [-0.2, 0) is 16.6 Å². The molecule has 5 aliphatic rings. The third-order valence-corrected chi connectivity index (χ3v) is 7.65. The molecule has 6 rings (SSSR count). The molecule has 2 bridgehead atoms. The van der Waals surface area contributed by atoms with E-state index >= 15 is 0 Å². The number of allylic oxidation sites excluding steroid dienone is 1. The SMILES string of the molecule is CNCC[C@]12c3c4ccc(OC)c3O[C@H]1[C@@]1(OC)C=C[C@]2(CC4)C[C@@H]1N. The molecule has 1 aromatic rings. The zero-order valence-corrected chi connectivity index (χ0v) is 15.8. The fourth-order valence-electron chi connectivity index (χ4n) is 6.48. The van der Waals surface area contributed by atoms with Gasteiger partial charge in [0.05, 0.1) is 7.11 Å². The largest absolute Gasteiger partial charge is 0.493 e. The lowest BCUT2D eigenvalue weighted by Crippen LogP contribution is -2.76. The Kier molecular flexibility index (Phi) is 3.35. The third kappa shape index (κ3) is 1.59. The van der Waals surface area contributed by atoms with Crippen molar-refractivity contribution in [2.75, 3.05) is 27.8 Å². The maximum Gasteiger partial charge on any atom is 0.166 e. The third-order valence-electron chi connectivity index (χ3n) is 7.65. The van der Waals surface area contributed by atoms with Crippen LogP contribution in [0.3, 0.4) is 0 Å². The van der Waals surface area contributed by atoms with E-state index in [1.54, 1.807) is 14.2 Å². The number of hydrogen-bond donors (Lipinski definition) is 2. The molecule has 5 nitrogen and oxygen atoms in total. The molecule has 140 valence electrons. The Bertz CT molecular complexity index is 794. The molecular weight excluding hydrogens is 328 g/mol. The van der Waals surface area contributed by atoms with Crippen LogP contribution >= 0.6 is 0 Å². The first-order valence-corrected chi connectivity index (χ1v) is 9.61. The summed E-state index contributed by atoms with van der Waals surface area (Å²) >= 11 is 0. The van der Waals surface area contributed by atoms with Crippen LogP contribution < -0.4 is 20.5 Å².